The van der Waals surface area contributed by atoms with Gasteiger partial charge in [-0.3, -0.25) is 9.59 Å². The highest BCUT2D eigenvalue weighted by atomic mass is 19.1. The summed E-state index contributed by atoms with van der Waals surface area (Å²) in [5.41, 5.74) is 0.385. The molecule has 17 heavy (non-hydrogen) atoms. The third kappa shape index (κ3) is 4.63. The van der Waals surface area contributed by atoms with Crippen molar-refractivity contribution in [1.82, 2.24) is 5.32 Å². The van der Waals surface area contributed by atoms with Gasteiger partial charge >= 0.3 is 11.8 Å². The summed E-state index contributed by atoms with van der Waals surface area (Å²) in [5.74, 6) is -1.56. The molecule has 1 aromatic carbocycles. The molecular formula is C12H15FN2O2. The van der Waals surface area contributed by atoms with Gasteiger partial charge in [-0.25, -0.2) is 4.39 Å². The van der Waals surface area contributed by atoms with E-state index in [1.165, 1.54) is 24.3 Å². The summed E-state index contributed by atoms with van der Waals surface area (Å²) in [6.45, 7) is 4.30. The van der Waals surface area contributed by atoms with E-state index in [0.717, 1.165) is 0 Å². The Balaban J connectivity index is 2.48. The Bertz CT molecular complexity index is 401. The number of carbonyl (C=O) groups excluding carboxylic acids is 2. The number of halogens is 1. The quantitative estimate of drug-likeness (QED) is 0.785. The lowest BCUT2D eigenvalue weighted by molar-refractivity contribution is -0.136. The van der Waals surface area contributed by atoms with Crippen molar-refractivity contribution in [3.63, 3.8) is 0 Å². The summed E-state index contributed by atoms with van der Waals surface area (Å²) in [4.78, 5) is 22.7. The molecule has 2 amide bonds. The Labute approximate surface area is 99.2 Å². The first kappa shape index (κ1) is 13.2. The average Bonchev–Trinajstić information content (AvgIpc) is 2.28. The molecule has 0 aromatic heterocycles. The van der Waals surface area contributed by atoms with Crippen molar-refractivity contribution in [2.45, 2.75) is 13.8 Å². The van der Waals surface area contributed by atoms with Crippen molar-refractivity contribution in [3.05, 3.63) is 30.1 Å². The summed E-state index contributed by atoms with van der Waals surface area (Å²) in [5, 5.41) is 4.86. The molecule has 0 bridgehead atoms. The molecule has 2 N–H and O–H groups in total. The molecule has 1 aromatic rings. The van der Waals surface area contributed by atoms with E-state index in [1.807, 2.05) is 13.8 Å². The predicted molar refractivity (Wildman–Crippen MR) is 62.9 cm³/mol. The van der Waals surface area contributed by atoms with Crippen LogP contribution in [0.25, 0.3) is 0 Å². The Kier molecular flexibility index (Phi) is 4.63. The topological polar surface area (TPSA) is 58.2 Å². The van der Waals surface area contributed by atoms with Crippen molar-refractivity contribution in [3.8, 4) is 0 Å². The number of amides is 2. The first-order valence-electron chi connectivity index (χ1n) is 5.34. The van der Waals surface area contributed by atoms with Gasteiger partial charge in [-0.15, -0.1) is 0 Å². The van der Waals surface area contributed by atoms with Gasteiger partial charge in [0.05, 0.1) is 0 Å². The molecule has 0 fully saturated rings. The second kappa shape index (κ2) is 5.98. The SMILES string of the molecule is CC(C)CNC(=O)C(=O)Nc1ccc(F)cc1. The van der Waals surface area contributed by atoms with Gasteiger partial charge in [-0.05, 0) is 30.2 Å². The van der Waals surface area contributed by atoms with Crippen molar-refractivity contribution in [2.24, 2.45) is 5.92 Å². The number of hydrogen-bond acceptors (Lipinski definition) is 2. The molecule has 5 heteroatoms. The second-order valence-electron chi connectivity index (χ2n) is 4.06. The van der Waals surface area contributed by atoms with E-state index in [-0.39, 0.29) is 5.92 Å². The van der Waals surface area contributed by atoms with Crippen LogP contribution in [0.1, 0.15) is 13.8 Å². The average molecular weight is 238 g/mol. The normalized spacial score (nSPS) is 10.1. The number of hydrogen-bond donors (Lipinski definition) is 2. The maximum Gasteiger partial charge on any atom is 0.313 e. The molecule has 0 heterocycles. The standard InChI is InChI=1S/C12H15FN2O2/c1-8(2)7-14-11(16)12(17)15-10-5-3-9(13)4-6-10/h3-6,8H,7H2,1-2H3,(H,14,16)(H,15,17). The van der Waals surface area contributed by atoms with E-state index in [0.29, 0.717) is 12.2 Å². The van der Waals surface area contributed by atoms with Crippen LogP contribution in [0.2, 0.25) is 0 Å². The molecule has 0 aliphatic heterocycles. The van der Waals surface area contributed by atoms with Crippen molar-refractivity contribution < 1.29 is 14.0 Å². The van der Waals surface area contributed by atoms with Crippen LogP contribution in [0.3, 0.4) is 0 Å². The van der Waals surface area contributed by atoms with Gasteiger partial charge < -0.3 is 10.6 Å². The molecule has 0 radical (unpaired) electrons. The molecular weight excluding hydrogens is 223 g/mol. The minimum absolute atomic E-state index is 0.276. The fraction of sp³-hybridized carbons (Fsp3) is 0.333. The van der Waals surface area contributed by atoms with Crippen LogP contribution in [0, 0.1) is 11.7 Å². The van der Waals surface area contributed by atoms with Crippen molar-refractivity contribution in [1.29, 1.82) is 0 Å². The van der Waals surface area contributed by atoms with Crippen LogP contribution >= 0.6 is 0 Å². The van der Waals surface area contributed by atoms with Gasteiger partial charge in [0.1, 0.15) is 5.82 Å². The highest BCUT2D eigenvalue weighted by Crippen LogP contribution is 2.07. The molecule has 0 saturated heterocycles. The van der Waals surface area contributed by atoms with Crippen LogP contribution in [0.4, 0.5) is 10.1 Å². The third-order valence-corrected chi connectivity index (χ3v) is 1.98. The minimum atomic E-state index is -0.753. The number of anilines is 1. The van der Waals surface area contributed by atoms with Gasteiger partial charge in [0, 0.05) is 12.2 Å². The molecule has 0 saturated carbocycles. The molecule has 0 aliphatic rings. The summed E-state index contributed by atoms with van der Waals surface area (Å²) >= 11 is 0. The van der Waals surface area contributed by atoms with Crippen molar-refractivity contribution in [2.75, 3.05) is 11.9 Å². The third-order valence-electron chi connectivity index (χ3n) is 1.98. The summed E-state index contributed by atoms with van der Waals surface area (Å²) in [6.07, 6.45) is 0. The molecule has 4 nitrogen and oxygen atoms in total. The van der Waals surface area contributed by atoms with Gasteiger partial charge in [0.2, 0.25) is 0 Å². The fourth-order valence-electron chi connectivity index (χ4n) is 1.10. The smallest absolute Gasteiger partial charge is 0.313 e. The van der Waals surface area contributed by atoms with E-state index < -0.39 is 17.6 Å². The maximum atomic E-state index is 12.6. The largest absolute Gasteiger partial charge is 0.348 e. The van der Waals surface area contributed by atoms with Crippen LogP contribution < -0.4 is 10.6 Å². The summed E-state index contributed by atoms with van der Waals surface area (Å²) in [6, 6.07) is 5.20. The lowest BCUT2D eigenvalue weighted by atomic mass is 10.2. The van der Waals surface area contributed by atoms with E-state index in [9.17, 15) is 14.0 Å². The Morgan fingerprint density at radius 2 is 1.76 bits per heavy atom. The minimum Gasteiger partial charge on any atom is -0.348 e. The molecule has 0 unspecified atom stereocenters. The van der Waals surface area contributed by atoms with E-state index in [1.54, 1.807) is 0 Å². The zero-order valence-corrected chi connectivity index (χ0v) is 9.79. The zero-order chi connectivity index (χ0) is 12.8. The lowest BCUT2D eigenvalue weighted by Crippen LogP contribution is -2.37. The van der Waals surface area contributed by atoms with E-state index in [4.69, 9.17) is 0 Å². The maximum absolute atomic E-state index is 12.6. The van der Waals surface area contributed by atoms with Crippen LogP contribution in [0.5, 0.6) is 0 Å². The monoisotopic (exact) mass is 238 g/mol. The van der Waals surface area contributed by atoms with Crippen molar-refractivity contribution >= 4 is 17.5 Å². The molecule has 0 atom stereocenters. The number of nitrogens with one attached hydrogen (secondary N) is 2. The summed E-state index contributed by atoms with van der Waals surface area (Å²) in [7, 11) is 0. The molecule has 92 valence electrons. The predicted octanol–water partition coefficient (Wildman–Crippen LogP) is 1.54. The summed E-state index contributed by atoms with van der Waals surface area (Å²) < 4.78 is 12.6. The Morgan fingerprint density at radius 3 is 2.29 bits per heavy atom. The first-order valence-corrected chi connectivity index (χ1v) is 5.34. The molecule has 1 rings (SSSR count). The molecule has 0 aliphatic carbocycles. The number of rotatable bonds is 3. The van der Waals surface area contributed by atoms with Crippen LogP contribution in [0.15, 0.2) is 24.3 Å². The second-order valence-corrected chi connectivity index (χ2v) is 4.06. The highest BCUT2D eigenvalue weighted by Gasteiger charge is 2.13. The number of benzene rings is 1. The van der Waals surface area contributed by atoms with Gasteiger partial charge in [-0.2, -0.15) is 0 Å². The zero-order valence-electron chi connectivity index (χ0n) is 9.79. The first-order chi connectivity index (χ1) is 7.99. The Hall–Kier alpha value is -1.91. The van der Waals surface area contributed by atoms with Gasteiger partial charge in [0.15, 0.2) is 0 Å². The van der Waals surface area contributed by atoms with E-state index >= 15 is 0 Å². The molecule has 0 spiro atoms. The number of carbonyl (C=O) groups is 2. The fourth-order valence-corrected chi connectivity index (χ4v) is 1.10. The van der Waals surface area contributed by atoms with Crippen LogP contribution in [-0.2, 0) is 9.59 Å². The van der Waals surface area contributed by atoms with E-state index in [2.05, 4.69) is 10.6 Å². The Morgan fingerprint density at radius 1 is 1.18 bits per heavy atom. The van der Waals surface area contributed by atoms with Crippen LogP contribution in [-0.4, -0.2) is 18.4 Å². The van der Waals surface area contributed by atoms with Gasteiger partial charge in [-0.1, -0.05) is 13.8 Å². The highest BCUT2D eigenvalue weighted by molar-refractivity contribution is 6.39. The lowest BCUT2D eigenvalue weighted by Gasteiger charge is -2.08. The van der Waals surface area contributed by atoms with Gasteiger partial charge in [0.25, 0.3) is 0 Å².